The van der Waals surface area contributed by atoms with Crippen LogP contribution in [-0.2, 0) is 9.53 Å². The summed E-state index contributed by atoms with van der Waals surface area (Å²) in [6.07, 6.45) is 6.95. The fourth-order valence-corrected chi connectivity index (χ4v) is 3.59. The van der Waals surface area contributed by atoms with Crippen molar-refractivity contribution in [3.05, 3.63) is 0 Å². The van der Waals surface area contributed by atoms with Crippen LogP contribution in [0.25, 0.3) is 0 Å². The molecule has 0 aromatic rings. The van der Waals surface area contributed by atoms with Gasteiger partial charge in [0.1, 0.15) is 0 Å². The zero-order valence-electron chi connectivity index (χ0n) is 12.0. The predicted octanol–water partition coefficient (Wildman–Crippen LogP) is 1.87. The fourth-order valence-electron chi connectivity index (χ4n) is 3.59. The number of carbonyl (C=O) groups is 1. The molecule has 0 heterocycles. The van der Waals surface area contributed by atoms with E-state index in [9.17, 15) is 4.79 Å². The van der Waals surface area contributed by atoms with Gasteiger partial charge in [-0.2, -0.15) is 0 Å². The number of rotatable bonds is 6. The molecule has 4 nitrogen and oxygen atoms in total. The van der Waals surface area contributed by atoms with Crippen LogP contribution in [0.15, 0.2) is 0 Å². The zero-order chi connectivity index (χ0) is 13.0. The third-order valence-corrected chi connectivity index (χ3v) is 4.62. The number of nitrogens with one attached hydrogen (secondary N) is 2. The Hall–Kier alpha value is -0.320. The van der Waals surface area contributed by atoms with Gasteiger partial charge in [0.2, 0.25) is 5.91 Å². The molecule has 0 bridgehead atoms. The van der Waals surface area contributed by atoms with Gasteiger partial charge < -0.3 is 15.4 Å². The first-order valence-corrected chi connectivity index (χ1v) is 7.28. The van der Waals surface area contributed by atoms with Crippen LogP contribution in [0.4, 0.5) is 0 Å². The van der Waals surface area contributed by atoms with Gasteiger partial charge in [-0.25, -0.2) is 0 Å². The first-order valence-electron chi connectivity index (χ1n) is 7.28. The van der Waals surface area contributed by atoms with Crippen molar-refractivity contribution in [3.8, 4) is 0 Å². The summed E-state index contributed by atoms with van der Waals surface area (Å²) in [6.45, 7) is 3.59. The molecule has 0 aromatic heterocycles. The Balaban J connectivity index is 0.00000180. The molecule has 2 fully saturated rings. The van der Waals surface area contributed by atoms with Crippen LogP contribution in [0, 0.1) is 5.41 Å². The quantitative estimate of drug-likeness (QED) is 0.785. The molecule has 2 unspecified atom stereocenters. The lowest BCUT2D eigenvalue weighted by Crippen LogP contribution is -2.63. The van der Waals surface area contributed by atoms with Crippen molar-refractivity contribution in [3.63, 3.8) is 0 Å². The molecular weight excluding hydrogens is 264 g/mol. The number of halogens is 1. The Morgan fingerprint density at radius 2 is 2.05 bits per heavy atom. The Morgan fingerprint density at radius 3 is 2.63 bits per heavy atom. The van der Waals surface area contributed by atoms with Crippen LogP contribution in [0.5, 0.6) is 0 Å². The lowest BCUT2D eigenvalue weighted by Gasteiger charge is -2.54. The molecule has 2 rings (SSSR count). The molecule has 0 radical (unpaired) electrons. The first-order chi connectivity index (χ1) is 8.73. The van der Waals surface area contributed by atoms with E-state index >= 15 is 0 Å². The van der Waals surface area contributed by atoms with E-state index in [0.29, 0.717) is 18.6 Å². The molecule has 112 valence electrons. The predicted molar refractivity (Wildman–Crippen MR) is 78.7 cm³/mol. The van der Waals surface area contributed by atoms with E-state index in [2.05, 4.69) is 17.6 Å². The summed E-state index contributed by atoms with van der Waals surface area (Å²) in [7, 11) is 1.88. The van der Waals surface area contributed by atoms with Gasteiger partial charge in [-0.3, -0.25) is 4.79 Å². The molecule has 1 spiro atoms. The van der Waals surface area contributed by atoms with Crippen LogP contribution in [0.1, 0.15) is 45.4 Å². The monoisotopic (exact) mass is 290 g/mol. The highest BCUT2D eigenvalue weighted by Gasteiger charge is 2.57. The summed E-state index contributed by atoms with van der Waals surface area (Å²) in [5, 5.41) is 6.23. The van der Waals surface area contributed by atoms with E-state index in [-0.39, 0.29) is 23.7 Å². The molecule has 2 aliphatic carbocycles. The molecule has 2 saturated carbocycles. The number of ether oxygens (including phenoxy) is 1. The van der Waals surface area contributed by atoms with E-state index in [1.807, 2.05) is 7.05 Å². The average Bonchev–Trinajstić information content (AvgIpc) is 2.87. The highest BCUT2D eigenvalue weighted by atomic mass is 35.5. The van der Waals surface area contributed by atoms with Crippen LogP contribution in [-0.4, -0.2) is 38.3 Å². The highest BCUT2D eigenvalue weighted by Crippen LogP contribution is 2.54. The maximum atomic E-state index is 11.8. The fraction of sp³-hybridized carbons (Fsp3) is 0.929. The maximum absolute atomic E-state index is 11.8. The van der Waals surface area contributed by atoms with Gasteiger partial charge in [0.25, 0.3) is 0 Å². The van der Waals surface area contributed by atoms with Crippen molar-refractivity contribution in [1.29, 1.82) is 0 Å². The molecule has 0 aromatic carbocycles. The van der Waals surface area contributed by atoms with E-state index in [4.69, 9.17) is 4.74 Å². The largest absolute Gasteiger partial charge is 0.378 e. The summed E-state index contributed by atoms with van der Waals surface area (Å²) in [5.41, 5.74) is 0.255. The van der Waals surface area contributed by atoms with Gasteiger partial charge in [0.15, 0.2) is 0 Å². The molecule has 19 heavy (non-hydrogen) atoms. The summed E-state index contributed by atoms with van der Waals surface area (Å²) >= 11 is 0. The minimum atomic E-state index is 0. The third-order valence-electron chi connectivity index (χ3n) is 4.62. The van der Waals surface area contributed by atoms with E-state index in [0.717, 1.165) is 19.6 Å². The summed E-state index contributed by atoms with van der Waals surface area (Å²) in [5.74, 6) is 0.176. The number of amides is 1. The zero-order valence-corrected chi connectivity index (χ0v) is 12.9. The van der Waals surface area contributed by atoms with Crippen molar-refractivity contribution in [2.24, 2.45) is 5.41 Å². The summed E-state index contributed by atoms with van der Waals surface area (Å²) in [6, 6.07) is 0.348. The van der Waals surface area contributed by atoms with Gasteiger partial charge in [-0.1, -0.05) is 12.8 Å². The first kappa shape index (κ1) is 16.7. The highest BCUT2D eigenvalue weighted by molar-refractivity contribution is 5.85. The number of hydrogen-bond acceptors (Lipinski definition) is 3. The van der Waals surface area contributed by atoms with Crippen molar-refractivity contribution in [2.75, 3.05) is 20.2 Å². The van der Waals surface area contributed by atoms with Crippen molar-refractivity contribution in [2.45, 2.75) is 57.6 Å². The third kappa shape index (κ3) is 3.41. The van der Waals surface area contributed by atoms with Crippen LogP contribution in [0.2, 0.25) is 0 Å². The molecule has 2 aliphatic rings. The lowest BCUT2D eigenvalue weighted by atomic mass is 9.60. The van der Waals surface area contributed by atoms with Gasteiger partial charge in [-0.05, 0) is 33.2 Å². The Kier molecular flexibility index (Phi) is 6.57. The molecule has 2 atom stereocenters. The standard InChI is InChI=1S/C14H26N2O2.ClH/c1-3-18-12-10-11(14(12)7-4-5-8-14)16-13(17)6-9-15-2;/h11-12,15H,3-10H2,1-2H3,(H,16,17);1H. The Morgan fingerprint density at radius 1 is 1.37 bits per heavy atom. The van der Waals surface area contributed by atoms with Gasteiger partial charge >= 0.3 is 0 Å². The van der Waals surface area contributed by atoms with Crippen LogP contribution < -0.4 is 10.6 Å². The van der Waals surface area contributed by atoms with Crippen LogP contribution in [0.3, 0.4) is 0 Å². The number of hydrogen-bond donors (Lipinski definition) is 2. The molecule has 1 amide bonds. The molecular formula is C14H27ClN2O2. The smallest absolute Gasteiger partial charge is 0.221 e. The van der Waals surface area contributed by atoms with E-state index in [1.165, 1.54) is 25.7 Å². The Bertz CT molecular complexity index is 293. The Labute approximate surface area is 122 Å². The van der Waals surface area contributed by atoms with E-state index in [1.54, 1.807) is 0 Å². The van der Waals surface area contributed by atoms with Gasteiger partial charge in [0.05, 0.1) is 6.10 Å². The normalized spacial score (nSPS) is 27.7. The van der Waals surface area contributed by atoms with Gasteiger partial charge in [-0.15, -0.1) is 12.4 Å². The molecule has 0 aliphatic heterocycles. The molecule has 2 N–H and O–H groups in total. The topological polar surface area (TPSA) is 50.4 Å². The maximum Gasteiger partial charge on any atom is 0.221 e. The second kappa shape index (κ2) is 7.46. The van der Waals surface area contributed by atoms with E-state index < -0.39 is 0 Å². The van der Waals surface area contributed by atoms with Crippen molar-refractivity contribution < 1.29 is 9.53 Å². The molecule has 5 heteroatoms. The second-order valence-corrected chi connectivity index (χ2v) is 5.59. The molecule has 0 saturated heterocycles. The van der Waals surface area contributed by atoms with Crippen LogP contribution >= 0.6 is 12.4 Å². The average molecular weight is 291 g/mol. The van der Waals surface area contributed by atoms with Crippen molar-refractivity contribution in [1.82, 2.24) is 10.6 Å². The minimum absolute atomic E-state index is 0. The van der Waals surface area contributed by atoms with Gasteiger partial charge in [0, 0.05) is 31.0 Å². The van der Waals surface area contributed by atoms with Crippen molar-refractivity contribution >= 4 is 18.3 Å². The number of carbonyl (C=O) groups excluding carboxylic acids is 1. The SMILES string of the molecule is CCOC1CC(NC(=O)CCNC)C12CCCC2.Cl. The summed E-state index contributed by atoms with van der Waals surface area (Å²) in [4.78, 5) is 11.8. The second-order valence-electron chi connectivity index (χ2n) is 5.59. The summed E-state index contributed by atoms with van der Waals surface area (Å²) < 4.78 is 5.84. The minimum Gasteiger partial charge on any atom is -0.378 e. The lowest BCUT2D eigenvalue weighted by molar-refractivity contribution is -0.144.